The van der Waals surface area contributed by atoms with Gasteiger partial charge in [0.15, 0.2) is 5.82 Å². The summed E-state index contributed by atoms with van der Waals surface area (Å²) in [6.07, 6.45) is 6.70. The van der Waals surface area contributed by atoms with Gasteiger partial charge in [0.2, 0.25) is 0 Å². The lowest BCUT2D eigenvalue weighted by Crippen LogP contribution is -2.07. The minimum absolute atomic E-state index is 0.0786. The second-order valence-corrected chi connectivity index (χ2v) is 3.83. The standard InChI is InChI=1S/C9H14N4/c1-9(2,3)7-12-13-8-6-10-4-5-11-8/h4-7H,1-3H3,(H,11,13)/b12-7+. The quantitative estimate of drug-likeness (QED) is 0.556. The second-order valence-electron chi connectivity index (χ2n) is 3.83. The lowest BCUT2D eigenvalue weighted by atomic mass is 9.99. The number of hydrogen-bond donors (Lipinski definition) is 1. The van der Waals surface area contributed by atoms with Crippen LogP contribution in [-0.2, 0) is 0 Å². The zero-order valence-electron chi connectivity index (χ0n) is 8.15. The van der Waals surface area contributed by atoms with E-state index in [-0.39, 0.29) is 5.41 Å². The van der Waals surface area contributed by atoms with E-state index >= 15 is 0 Å². The van der Waals surface area contributed by atoms with Crippen molar-refractivity contribution >= 4 is 12.0 Å². The van der Waals surface area contributed by atoms with Crippen molar-refractivity contribution in [3.63, 3.8) is 0 Å². The molecule has 0 fully saturated rings. The molecule has 0 unspecified atom stereocenters. The predicted molar refractivity (Wildman–Crippen MR) is 53.6 cm³/mol. The van der Waals surface area contributed by atoms with Gasteiger partial charge in [-0.1, -0.05) is 20.8 Å². The summed E-state index contributed by atoms with van der Waals surface area (Å²) in [7, 11) is 0. The summed E-state index contributed by atoms with van der Waals surface area (Å²) < 4.78 is 0. The molecule has 0 saturated carbocycles. The largest absolute Gasteiger partial charge is 0.260 e. The summed E-state index contributed by atoms with van der Waals surface area (Å²) in [5, 5.41) is 4.04. The highest BCUT2D eigenvalue weighted by molar-refractivity contribution is 5.64. The molecule has 0 amide bonds. The SMILES string of the molecule is CC(C)(C)/C=N/Nc1cnccn1. The first-order valence-corrected chi connectivity index (χ1v) is 4.14. The molecule has 0 saturated heterocycles. The van der Waals surface area contributed by atoms with Crippen LogP contribution < -0.4 is 5.43 Å². The Balaban J connectivity index is 2.49. The van der Waals surface area contributed by atoms with Crippen LogP contribution in [0.3, 0.4) is 0 Å². The van der Waals surface area contributed by atoms with Crippen LogP contribution in [0.15, 0.2) is 23.7 Å². The molecule has 4 heteroatoms. The second kappa shape index (κ2) is 3.98. The van der Waals surface area contributed by atoms with Gasteiger partial charge >= 0.3 is 0 Å². The fraction of sp³-hybridized carbons (Fsp3) is 0.444. The topological polar surface area (TPSA) is 50.2 Å². The molecule has 0 aromatic carbocycles. The van der Waals surface area contributed by atoms with E-state index in [4.69, 9.17) is 0 Å². The zero-order valence-corrected chi connectivity index (χ0v) is 8.15. The molecule has 70 valence electrons. The molecular weight excluding hydrogens is 164 g/mol. The van der Waals surface area contributed by atoms with Crippen molar-refractivity contribution in [2.75, 3.05) is 5.43 Å². The van der Waals surface area contributed by atoms with E-state index in [0.29, 0.717) is 5.82 Å². The van der Waals surface area contributed by atoms with Crippen molar-refractivity contribution in [3.8, 4) is 0 Å². The molecule has 1 heterocycles. The lowest BCUT2D eigenvalue weighted by molar-refractivity contribution is 0.606. The average molecular weight is 178 g/mol. The number of hydrazone groups is 1. The van der Waals surface area contributed by atoms with Gasteiger partial charge in [-0.15, -0.1) is 0 Å². The van der Waals surface area contributed by atoms with Gasteiger partial charge in [-0.2, -0.15) is 5.10 Å². The van der Waals surface area contributed by atoms with Crippen LogP contribution in [-0.4, -0.2) is 16.2 Å². The summed E-state index contributed by atoms with van der Waals surface area (Å²) in [5.41, 5.74) is 2.88. The molecule has 0 radical (unpaired) electrons. The summed E-state index contributed by atoms with van der Waals surface area (Å²) in [4.78, 5) is 7.91. The average Bonchev–Trinajstić information content (AvgIpc) is 2.04. The highest BCUT2D eigenvalue weighted by Crippen LogP contribution is 2.08. The van der Waals surface area contributed by atoms with E-state index in [2.05, 4.69) is 41.3 Å². The van der Waals surface area contributed by atoms with Crippen LogP contribution in [0.4, 0.5) is 5.82 Å². The van der Waals surface area contributed by atoms with Crippen LogP contribution in [0.2, 0.25) is 0 Å². The Kier molecular flexibility index (Phi) is 2.95. The summed E-state index contributed by atoms with van der Waals surface area (Å²) in [6, 6.07) is 0. The molecule has 0 spiro atoms. The van der Waals surface area contributed by atoms with Crippen LogP contribution in [0, 0.1) is 5.41 Å². The molecule has 1 aromatic heterocycles. The first-order chi connectivity index (χ1) is 6.08. The predicted octanol–water partition coefficient (Wildman–Crippen LogP) is 1.92. The summed E-state index contributed by atoms with van der Waals surface area (Å²) >= 11 is 0. The Bertz CT molecular complexity index is 273. The van der Waals surface area contributed by atoms with Crippen molar-refractivity contribution in [2.24, 2.45) is 10.5 Å². The van der Waals surface area contributed by atoms with E-state index in [0.717, 1.165) is 0 Å². The Morgan fingerprint density at radius 2 is 2.15 bits per heavy atom. The molecule has 0 aliphatic rings. The Hall–Kier alpha value is -1.45. The molecule has 0 atom stereocenters. The van der Waals surface area contributed by atoms with Gasteiger partial charge in [0.25, 0.3) is 0 Å². The summed E-state index contributed by atoms with van der Waals surface area (Å²) in [6.45, 7) is 6.23. The van der Waals surface area contributed by atoms with Gasteiger partial charge in [-0.25, -0.2) is 4.98 Å². The normalized spacial score (nSPS) is 11.9. The highest BCUT2D eigenvalue weighted by Gasteiger charge is 2.04. The molecule has 0 bridgehead atoms. The molecule has 1 aromatic rings. The van der Waals surface area contributed by atoms with E-state index in [1.165, 1.54) is 0 Å². The molecule has 1 N–H and O–H groups in total. The fourth-order valence-corrected chi connectivity index (χ4v) is 0.649. The van der Waals surface area contributed by atoms with Gasteiger partial charge < -0.3 is 0 Å². The van der Waals surface area contributed by atoms with Crippen molar-refractivity contribution in [2.45, 2.75) is 20.8 Å². The van der Waals surface area contributed by atoms with Gasteiger partial charge in [-0.05, 0) is 5.41 Å². The van der Waals surface area contributed by atoms with E-state index in [1.54, 1.807) is 18.6 Å². The third-order valence-corrected chi connectivity index (χ3v) is 1.19. The van der Waals surface area contributed by atoms with Crippen LogP contribution in [0.5, 0.6) is 0 Å². The van der Waals surface area contributed by atoms with Crippen molar-refractivity contribution in [1.82, 2.24) is 9.97 Å². The van der Waals surface area contributed by atoms with Crippen LogP contribution >= 0.6 is 0 Å². The Labute approximate surface area is 78.1 Å². The fourth-order valence-electron chi connectivity index (χ4n) is 0.649. The number of nitrogens with zero attached hydrogens (tertiary/aromatic N) is 3. The smallest absolute Gasteiger partial charge is 0.164 e. The number of aromatic nitrogens is 2. The minimum Gasteiger partial charge on any atom is -0.260 e. The maximum Gasteiger partial charge on any atom is 0.164 e. The first kappa shape index (κ1) is 9.64. The van der Waals surface area contributed by atoms with Crippen molar-refractivity contribution in [3.05, 3.63) is 18.6 Å². The van der Waals surface area contributed by atoms with E-state index in [9.17, 15) is 0 Å². The van der Waals surface area contributed by atoms with Gasteiger partial charge in [0.1, 0.15) is 0 Å². The minimum atomic E-state index is 0.0786. The zero-order chi connectivity index (χ0) is 9.73. The molecule has 4 nitrogen and oxygen atoms in total. The monoisotopic (exact) mass is 178 g/mol. The number of hydrogen-bond acceptors (Lipinski definition) is 4. The maximum atomic E-state index is 4.04. The third kappa shape index (κ3) is 4.20. The van der Waals surface area contributed by atoms with Gasteiger partial charge in [-0.3, -0.25) is 10.4 Å². The number of rotatable bonds is 2. The Morgan fingerprint density at radius 3 is 2.69 bits per heavy atom. The summed E-state index contributed by atoms with van der Waals surface area (Å²) in [5.74, 6) is 0.656. The Morgan fingerprint density at radius 1 is 1.38 bits per heavy atom. The van der Waals surface area contributed by atoms with Crippen molar-refractivity contribution in [1.29, 1.82) is 0 Å². The molecule has 1 rings (SSSR count). The molecule has 0 aliphatic heterocycles. The van der Waals surface area contributed by atoms with Crippen LogP contribution in [0.1, 0.15) is 20.8 Å². The number of nitrogens with one attached hydrogen (secondary N) is 1. The van der Waals surface area contributed by atoms with Gasteiger partial charge in [0.05, 0.1) is 6.20 Å². The van der Waals surface area contributed by atoms with E-state index < -0.39 is 0 Å². The first-order valence-electron chi connectivity index (χ1n) is 4.14. The molecule has 0 aliphatic carbocycles. The highest BCUT2D eigenvalue weighted by atomic mass is 15.3. The van der Waals surface area contributed by atoms with Gasteiger partial charge in [0, 0.05) is 18.6 Å². The molecular formula is C9H14N4. The molecule has 13 heavy (non-hydrogen) atoms. The van der Waals surface area contributed by atoms with Crippen molar-refractivity contribution < 1.29 is 0 Å². The maximum absolute atomic E-state index is 4.04. The van der Waals surface area contributed by atoms with E-state index in [1.807, 2.05) is 6.21 Å². The van der Waals surface area contributed by atoms with Crippen LogP contribution in [0.25, 0.3) is 0 Å². The lowest BCUT2D eigenvalue weighted by Gasteiger charge is -2.09. The third-order valence-electron chi connectivity index (χ3n) is 1.19. The number of anilines is 1.